The molecule has 0 atom stereocenters. The van der Waals surface area contributed by atoms with Crippen LogP contribution < -0.4 is 5.32 Å². The first-order valence-corrected chi connectivity index (χ1v) is 12.7. The van der Waals surface area contributed by atoms with E-state index in [-0.39, 0.29) is 16.9 Å². The van der Waals surface area contributed by atoms with Crippen LogP contribution in [0.4, 0.5) is 0 Å². The van der Waals surface area contributed by atoms with Crippen molar-refractivity contribution in [2.24, 2.45) is 0 Å². The normalized spacial score (nSPS) is 15.5. The molecule has 2 aromatic heterocycles. The molecule has 1 saturated heterocycles. The molecule has 8 nitrogen and oxygen atoms in total. The lowest BCUT2D eigenvalue weighted by Crippen LogP contribution is -2.37. The highest BCUT2D eigenvalue weighted by Gasteiger charge is 2.30. The van der Waals surface area contributed by atoms with Gasteiger partial charge in [-0.25, -0.2) is 13.4 Å². The molecule has 0 spiro atoms. The summed E-state index contributed by atoms with van der Waals surface area (Å²) in [5.74, 6) is 0.535. The van der Waals surface area contributed by atoms with Crippen molar-refractivity contribution >= 4 is 15.7 Å². The predicted molar refractivity (Wildman–Crippen MR) is 125 cm³/mol. The summed E-state index contributed by atoms with van der Waals surface area (Å²) >= 11 is 0. The lowest BCUT2D eigenvalue weighted by molar-refractivity contribution is 0.0951. The summed E-state index contributed by atoms with van der Waals surface area (Å²) in [6, 6.07) is 10.6. The van der Waals surface area contributed by atoms with Crippen molar-refractivity contribution < 1.29 is 17.6 Å². The van der Waals surface area contributed by atoms with Crippen molar-refractivity contribution in [2.45, 2.75) is 37.3 Å². The number of rotatable bonds is 7. The second kappa shape index (κ2) is 9.84. The zero-order valence-electron chi connectivity index (χ0n) is 18.8. The predicted octanol–water partition coefficient (Wildman–Crippen LogP) is 2.98. The third-order valence-corrected chi connectivity index (χ3v) is 8.14. The maximum Gasteiger partial charge on any atom is 0.251 e. The molecule has 0 bridgehead atoms. The number of aryl methyl sites for hydroxylation is 1. The van der Waals surface area contributed by atoms with E-state index in [0.717, 1.165) is 18.7 Å². The molecule has 4 rings (SSSR count). The summed E-state index contributed by atoms with van der Waals surface area (Å²) in [5.41, 5.74) is 2.56. The number of hydrogen-bond donors (Lipinski definition) is 1. The average molecular weight is 469 g/mol. The molecule has 1 amide bonds. The Morgan fingerprint density at radius 2 is 1.91 bits per heavy atom. The number of pyridine rings is 1. The molecule has 0 saturated carbocycles. The fraction of sp³-hybridized carbons (Fsp3) is 0.375. The number of hydrogen-bond acceptors (Lipinski definition) is 7. The lowest BCUT2D eigenvalue weighted by atomic mass is 10.1. The fourth-order valence-corrected chi connectivity index (χ4v) is 5.70. The maximum atomic E-state index is 12.9. The van der Waals surface area contributed by atoms with Crippen LogP contribution in [-0.4, -0.2) is 54.6 Å². The quantitative estimate of drug-likeness (QED) is 0.568. The highest BCUT2D eigenvalue weighted by Crippen LogP contribution is 2.26. The van der Waals surface area contributed by atoms with E-state index < -0.39 is 9.84 Å². The highest BCUT2D eigenvalue weighted by atomic mass is 32.2. The Morgan fingerprint density at radius 1 is 1.18 bits per heavy atom. The fourth-order valence-electron chi connectivity index (χ4n) is 3.89. The third kappa shape index (κ3) is 5.66. The molecule has 0 unspecified atom stereocenters. The molecule has 1 N–H and O–H groups in total. The van der Waals surface area contributed by atoms with Crippen molar-refractivity contribution in [1.29, 1.82) is 0 Å². The topological polar surface area (TPSA) is 105 Å². The van der Waals surface area contributed by atoms with E-state index in [1.807, 2.05) is 19.2 Å². The summed E-state index contributed by atoms with van der Waals surface area (Å²) in [5, 5.41) is 2.52. The largest absolute Gasteiger partial charge is 0.441 e. The summed E-state index contributed by atoms with van der Waals surface area (Å²) in [4.78, 5) is 23.1. The first-order valence-electron chi connectivity index (χ1n) is 11.0. The van der Waals surface area contributed by atoms with Gasteiger partial charge in [0.05, 0.1) is 16.7 Å². The Balaban J connectivity index is 1.41. The molecule has 1 fully saturated rings. The molecule has 0 radical (unpaired) electrons. The Labute approximate surface area is 194 Å². The second-order valence-corrected chi connectivity index (χ2v) is 10.7. The Bertz CT molecular complexity index is 1200. The average Bonchev–Trinajstić information content (AvgIpc) is 3.18. The Kier molecular flexibility index (Phi) is 6.90. The number of carbonyl (C=O) groups excluding carboxylic acids is 1. The van der Waals surface area contributed by atoms with Crippen LogP contribution in [0.25, 0.3) is 11.5 Å². The van der Waals surface area contributed by atoms with Crippen molar-refractivity contribution in [3.63, 3.8) is 0 Å². The first-order chi connectivity index (χ1) is 15.8. The van der Waals surface area contributed by atoms with Crippen LogP contribution in [-0.2, 0) is 22.1 Å². The van der Waals surface area contributed by atoms with Crippen molar-refractivity contribution in [2.75, 3.05) is 20.1 Å². The number of oxazole rings is 1. The molecular formula is C24H28N4O4S. The van der Waals surface area contributed by atoms with Gasteiger partial charge in [-0.05, 0) is 75.8 Å². The number of benzene rings is 1. The van der Waals surface area contributed by atoms with Crippen molar-refractivity contribution in [1.82, 2.24) is 20.2 Å². The molecule has 9 heteroatoms. The first kappa shape index (κ1) is 23.1. The number of aromatic nitrogens is 2. The zero-order valence-corrected chi connectivity index (χ0v) is 19.6. The van der Waals surface area contributed by atoms with Crippen LogP contribution in [0.15, 0.2) is 53.2 Å². The number of nitrogens with zero attached hydrogens (tertiary/aromatic N) is 3. The molecule has 1 aromatic carbocycles. The minimum absolute atomic E-state index is 0.119. The maximum absolute atomic E-state index is 12.9. The molecule has 33 heavy (non-hydrogen) atoms. The van der Waals surface area contributed by atoms with E-state index in [1.165, 1.54) is 0 Å². The molecule has 3 heterocycles. The van der Waals surface area contributed by atoms with Gasteiger partial charge in [-0.1, -0.05) is 6.07 Å². The number of likely N-dealkylation sites (tertiary alicyclic amines) is 1. The van der Waals surface area contributed by atoms with Crippen LogP contribution in [0.3, 0.4) is 0 Å². The number of amides is 1. The second-order valence-electron chi connectivity index (χ2n) is 8.45. The summed E-state index contributed by atoms with van der Waals surface area (Å²) in [6.07, 6.45) is 4.68. The van der Waals surface area contributed by atoms with E-state index in [4.69, 9.17) is 4.42 Å². The van der Waals surface area contributed by atoms with Gasteiger partial charge in [0, 0.05) is 30.1 Å². The van der Waals surface area contributed by atoms with E-state index in [0.29, 0.717) is 47.9 Å². The highest BCUT2D eigenvalue weighted by molar-refractivity contribution is 7.91. The van der Waals surface area contributed by atoms with E-state index in [2.05, 4.69) is 20.2 Å². The van der Waals surface area contributed by atoms with Gasteiger partial charge < -0.3 is 14.6 Å². The number of carbonyl (C=O) groups is 1. The van der Waals surface area contributed by atoms with Gasteiger partial charge in [-0.15, -0.1) is 0 Å². The van der Waals surface area contributed by atoms with Crippen LogP contribution in [0.1, 0.15) is 40.2 Å². The minimum Gasteiger partial charge on any atom is -0.441 e. The minimum atomic E-state index is -3.30. The van der Waals surface area contributed by atoms with Crippen LogP contribution >= 0.6 is 0 Å². The van der Waals surface area contributed by atoms with Gasteiger partial charge in [0.25, 0.3) is 5.91 Å². The summed E-state index contributed by atoms with van der Waals surface area (Å²) in [6.45, 7) is 3.70. The van der Waals surface area contributed by atoms with Gasteiger partial charge in [0.15, 0.2) is 9.84 Å². The van der Waals surface area contributed by atoms with Gasteiger partial charge in [0.1, 0.15) is 5.76 Å². The number of nitrogens with one attached hydrogen (secondary N) is 1. The third-order valence-electron chi connectivity index (χ3n) is 5.97. The van der Waals surface area contributed by atoms with E-state index >= 15 is 0 Å². The summed E-state index contributed by atoms with van der Waals surface area (Å²) < 4.78 is 31.6. The van der Waals surface area contributed by atoms with E-state index in [9.17, 15) is 13.2 Å². The molecule has 1 aliphatic rings. The summed E-state index contributed by atoms with van der Waals surface area (Å²) in [7, 11) is -1.30. The number of piperidine rings is 1. The van der Waals surface area contributed by atoms with E-state index in [1.54, 1.807) is 43.6 Å². The molecular weight excluding hydrogens is 440 g/mol. The van der Waals surface area contributed by atoms with Gasteiger partial charge in [-0.2, -0.15) is 0 Å². The number of sulfone groups is 1. The zero-order chi connectivity index (χ0) is 23.4. The van der Waals surface area contributed by atoms with Gasteiger partial charge in [-0.3, -0.25) is 9.78 Å². The van der Waals surface area contributed by atoms with Crippen molar-refractivity contribution in [3.05, 3.63) is 71.4 Å². The molecule has 174 valence electrons. The molecule has 3 aromatic rings. The van der Waals surface area contributed by atoms with Crippen LogP contribution in [0.2, 0.25) is 0 Å². The molecule has 0 aliphatic carbocycles. The SMILES string of the molecule is Cc1oc(-c2ccc(C(=O)NCc3cccnc3)cc2)nc1CS(=O)(=O)C1CCN(C)CC1. The van der Waals surface area contributed by atoms with Gasteiger partial charge in [0.2, 0.25) is 5.89 Å². The Hall–Kier alpha value is -3.04. The smallest absolute Gasteiger partial charge is 0.251 e. The standard InChI is InChI=1S/C24H28N4O4S/c1-17-22(16-33(30,31)21-9-12-28(2)13-10-21)27-24(32-17)20-7-5-19(6-8-20)23(29)26-15-18-4-3-11-25-14-18/h3-8,11,14,21H,9-10,12-13,15-16H2,1-2H3,(H,26,29). The lowest BCUT2D eigenvalue weighted by Gasteiger charge is -2.28. The molecule has 1 aliphatic heterocycles. The van der Waals surface area contributed by atoms with Crippen molar-refractivity contribution in [3.8, 4) is 11.5 Å². The van der Waals surface area contributed by atoms with Crippen LogP contribution in [0, 0.1) is 6.92 Å². The monoisotopic (exact) mass is 468 g/mol. The van der Waals surface area contributed by atoms with Gasteiger partial charge >= 0.3 is 0 Å². The Morgan fingerprint density at radius 3 is 2.58 bits per heavy atom. The van der Waals surface area contributed by atoms with Crippen LogP contribution in [0.5, 0.6) is 0 Å².